The normalized spacial score (nSPS) is 0.667. The quantitative estimate of drug-likeness (QED) is 0.313. The molecule has 0 aromatic heterocycles. The van der Waals surface area contributed by atoms with Gasteiger partial charge < -0.3 is 38.3 Å². The first kappa shape index (κ1) is 385. The van der Waals surface area contributed by atoms with Gasteiger partial charge in [0.15, 0.2) is 0 Å². The van der Waals surface area contributed by atoms with E-state index in [4.69, 9.17) is 3.17 Å². The van der Waals surface area contributed by atoms with Gasteiger partial charge in [0.2, 0.25) is 0 Å². The van der Waals surface area contributed by atoms with E-state index in [0.717, 1.165) is 0 Å². The average molecular weight is 166 g/mol. The fraction of sp³-hybridized carbons (Fsp3) is 0. The van der Waals surface area contributed by atoms with E-state index in [1.165, 1.54) is 0 Å². The van der Waals surface area contributed by atoms with Crippen LogP contribution in [0.5, 0.6) is 0 Å². The molecule has 0 spiro atoms. The standard InChI is InChI=1S/Mg.7H2O.O/h;7*1H2;. The third kappa shape index (κ3) is 4000. The van der Waals surface area contributed by atoms with Gasteiger partial charge >= 0.3 is 24.9 Å². The predicted octanol–water partition coefficient (Wildman–Crippen LogP) is -6.27. The molecule has 0 rings (SSSR count). The molecule has 0 bridgehead atoms. The molecule has 0 saturated carbocycles. The summed E-state index contributed by atoms with van der Waals surface area (Å²) in [5.41, 5.74) is 0. The van der Waals surface area contributed by atoms with Crippen molar-refractivity contribution in [3.05, 3.63) is 0 Å². The molecule has 64 valence electrons. The van der Waals surface area contributed by atoms with Gasteiger partial charge in [0.1, 0.15) is 0 Å². The maximum absolute atomic E-state index is 8.28. The van der Waals surface area contributed by atoms with Crippen molar-refractivity contribution in [3.8, 4) is 0 Å². The number of hydrogen-bond donors (Lipinski definition) is 0. The molecule has 0 aliphatic carbocycles. The fourth-order valence-electron chi connectivity index (χ4n) is 0. The van der Waals surface area contributed by atoms with Gasteiger partial charge in [-0.05, 0) is 0 Å². The monoisotopic (exact) mass is 166 g/mol. The number of hydrogen-bond acceptors (Lipinski definition) is 1. The molecule has 14 N–H and O–H groups in total. The van der Waals surface area contributed by atoms with Crippen LogP contribution in [0, 0.1) is 0 Å². The van der Waals surface area contributed by atoms with E-state index < -0.39 is 0 Å². The summed E-state index contributed by atoms with van der Waals surface area (Å²) >= 11 is 0.611. The second kappa shape index (κ2) is 5370. The Labute approximate surface area is 63.8 Å². The molecule has 0 heterocycles. The van der Waals surface area contributed by atoms with E-state index in [0.29, 0.717) is 21.7 Å². The zero-order valence-electron chi connectivity index (χ0n) is 4.62. The molecule has 0 unspecified atom stereocenters. The molecule has 0 fully saturated rings. The minimum absolute atomic E-state index is 0. The third-order valence-electron chi connectivity index (χ3n) is 0. The van der Waals surface area contributed by atoms with Crippen molar-refractivity contribution in [1.29, 1.82) is 0 Å². The van der Waals surface area contributed by atoms with Crippen LogP contribution in [-0.4, -0.2) is 60.0 Å². The molecule has 0 radical (unpaired) electrons. The van der Waals surface area contributed by atoms with Gasteiger partial charge in [0.05, 0.1) is 0 Å². The molecular weight excluding hydrogens is 152 g/mol. The van der Waals surface area contributed by atoms with E-state index in [-0.39, 0.29) is 38.3 Å². The third-order valence-corrected chi connectivity index (χ3v) is 0. The Bertz CT molecular complexity index is 4.53. The van der Waals surface area contributed by atoms with Crippen molar-refractivity contribution >= 4 is 21.7 Å². The SMILES string of the molecule is O.O.O.O.O.O.O.[O]=[Mg]. The molecule has 0 aromatic rings. The van der Waals surface area contributed by atoms with Gasteiger partial charge in [0, 0.05) is 0 Å². The Hall–Kier alpha value is 0.286. The summed E-state index contributed by atoms with van der Waals surface area (Å²) in [5.74, 6) is 0. The van der Waals surface area contributed by atoms with Crippen LogP contribution < -0.4 is 0 Å². The molecule has 0 saturated heterocycles. The van der Waals surface area contributed by atoms with Gasteiger partial charge in [0.25, 0.3) is 0 Å². The predicted molar refractivity (Wildman–Crippen MR) is 31.7 cm³/mol. The second-order valence-electron chi connectivity index (χ2n) is 0. The summed E-state index contributed by atoms with van der Waals surface area (Å²) in [6.45, 7) is 0. The first-order valence-electron chi connectivity index (χ1n) is 0.289. The molecule has 0 aliphatic heterocycles. The second-order valence-corrected chi connectivity index (χ2v) is 0. The van der Waals surface area contributed by atoms with Crippen LogP contribution >= 0.6 is 0 Å². The van der Waals surface area contributed by atoms with Crippen LogP contribution in [0.3, 0.4) is 0 Å². The van der Waals surface area contributed by atoms with Crippen LogP contribution in [0.25, 0.3) is 0 Å². The minimum atomic E-state index is 0. The zero-order valence-corrected chi connectivity index (χ0v) is 6.03. The summed E-state index contributed by atoms with van der Waals surface area (Å²) in [5, 5.41) is 0. The Morgan fingerprint density at radius 1 is 0.444 bits per heavy atom. The van der Waals surface area contributed by atoms with Gasteiger partial charge in [-0.15, -0.1) is 0 Å². The first-order valence-corrected chi connectivity index (χ1v) is 0.866. The molecule has 9 heavy (non-hydrogen) atoms. The molecular formula is H14MgO8. The molecule has 0 aliphatic rings. The van der Waals surface area contributed by atoms with Gasteiger partial charge in [-0.1, -0.05) is 0 Å². The van der Waals surface area contributed by atoms with Crippen molar-refractivity contribution in [2.75, 3.05) is 0 Å². The van der Waals surface area contributed by atoms with E-state index in [9.17, 15) is 0 Å². The number of rotatable bonds is 0. The van der Waals surface area contributed by atoms with Crippen LogP contribution in [-0.2, 0) is 3.17 Å². The van der Waals surface area contributed by atoms with E-state index in [2.05, 4.69) is 0 Å². The zero-order chi connectivity index (χ0) is 2.00. The van der Waals surface area contributed by atoms with Crippen LogP contribution in [0.4, 0.5) is 0 Å². The van der Waals surface area contributed by atoms with E-state index >= 15 is 0 Å². The summed E-state index contributed by atoms with van der Waals surface area (Å²) in [6.07, 6.45) is 0. The van der Waals surface area contributed by atoms with E-state index in [1.54, 1.807) is 0 Å². The molecule has 9 heteroatoms. The van der Waals surface area contributed by atoms with Crippen LogP contribution in [0.1, 0.15) is 0 Å². The molecule has 0 atom stereocenters. The van der Waals surface area contributed by atoms with Crippen molar-refractivity contribution in [3.63, 3.8) is 0 Å². The van der Waals surface area contributed by atoms with Gasteiger partial charge in [-0.2, -0.15) is 0 Å². The molecule has 0 aromatic carbocycles. The molecule has 0 amide bonds. The summed E-state index contributed by atoms with van der Waals surface area (Å²) in [7, 11) is 0. The van der Waals surface area contributed by atoms with Crippen LogP contribution in [0.2, 0.25) is 0 Å². The Morgan fingerprint density at radius 3 is 0.444 bits per heavy atom. The van der Waals surface area contributed by atoms with Crippen molar-refractivity contribution in [1.82, 2.24) is 0 Å². The fourth-order valence-corrected chi connectivity index (χ4v) is 0. The average Bonchev–Trinajstić information content (AvgIpc) is 1.00. The van der Waals surface area contributed by atoms with Gasteiger partial charge in [-0.25, -0.2) is 0 Å². The van der Waals surface area contributed by atoms with Crippen molar-refractivity contribution in [2.24, 2.45) is 0 Å². The van der Waals surface area contributed by atoms with Gasteiger partial charge in [-0.3, -0.25) is 0 Å². The Kier molecular flexibility index (Phi) is 230000. The topological polar surface area (TPSA) is 238 Å². The maximum atomic E-state index is 8.28. The Balaban J connectivity index is -0.000000000238. The van der Waals surface area contributed by atoms with Crippen molar-refractivity contribution < 1.29 is 41.5 Å². The first-order chi connectivity index (χ1) is 1.00. The van der Waals surface area contributed by atoms with E-state index in [1.807, 2.05) is 0 Å². The van der Waals surface area contributed by atoms with Crippen LogP contribution in [0.15, 0.2) is 0 Å². The summed E-state index contributed by atoms with van der Waals surface area (Å²) in [4.78, 5) is 0. The summed E-state index contributed by atoms with van der Waals surface area (Å²) in [6, 6.07) is 0. The van der Waals surface area contributed by atoms with Crippen molar-refractivity contribution in [2.45, 2.75) is 0 Å². The summed E-state index contributed by atoms with van der Waals surface area (Å²) < 4.78 is 8.28. The Morgan fingerprint density at radius 2 is 0.444 bits per heavy atom. The molecule has 8 nitrogen and oxygen atoms in total.